The summed E-state index contributed by atoms with van der Waals surface area (Å²) in [6, 6.07) is 7.87. The maximum Gasteiger partial charge on any atom is 0.145 e. The molecule has 2 heterocycles. The van der Waals surface area contributed by atoms with Crippen molar-refractivity contribution in [2.75, 3.05) is 0 Å². The number of aryl methyl sites for hydroxylation is 1. The van der Waals surface area contributed by atoms with Crippen LogP contribution in [0.2, 0.25) is 5.02 Å². The van der Waals surface area contributed by atoms with Crippen LogP contribution in [-0.2, 0) is 6.54 Å². The molecule has 0 saturated carbocycles. The summed E-state index contributed by atoms with van der Waals surface area (Å²) in [4.78, 5) is 4.58. The Balaban J connectivity index is 2.53. The van der Waals surface area contributed by atoms with Crippen molar-refractivity contribution in [3.63, 3.8) is 0 Å². The zero-order valence-electron chi connectivity index (χ0n) is 9.44. The van der Waals surface area contributed by atoms with E-state index >= 15 is 0 Å². The fraction of sp³-hybridized carbons (Fsp3) is 0.154. The minimum absolute atomic E-state index is 0.485. The van der Waals surface area contributed by atoms with Gasteiger partial charge < -0.3 is 10.1 Å². The predicted molar refractivity (Wildman–Crippen MR) is 70.3 cm³/mol. The summed E-state index contributed by atoms with van der Waals surface area (Å²) in [5.41, 5.74) is 8.68. The molecule has 3 rings (SSSR count). The monoisotopic (exact) mass is 245 g/mol. The maximum absolute atomic E-state index is 6.18. The van der Waals surface area contributed by atoms with E-state index in [1.54, 1.807) is 0 Å². The fourth-order valence-corrected chi connectivity index (χ4v) is 2.46. The molecule has 3 nitrogen and oxygen atoms in total. The van der Waals surface area contributed by atoms with Gasteiger partial charge in [0.25, 0.3) is 0 Å². The van der Waals surface area contributed by atoms with E-state index in [4.69, 9.17) is 17.3 Å². The Labute approximate surface area is 104 Å². The van der Waals surface area contributed by atoms with Crippen LogP contribution in [-0.4, -0.2) is 9.38 Å². The summed E-state index contributed by atoms with van der Waals surface area (Å²) in [6.07, 6.45) is 1.98. The van der Waals surface area contributed by atoms with Gasteiger partial charge in [0, 0.05) is 28.5 Å². The van der Waals surface area contributed by atoms with Crippen molar-refractivity contribution < 1.29 is 0 Å². The number of fused-ring (bicyclic) bond motifs is 3. The van der Waals surface area contributed by atoms with Crippen molar-refractivity contribution in [1.82, 2.24) is 9.38 Å². The molecule has 0 aliphatic rings. The lowest BCUT2D eigenvalue weighted by molar-refractivity contribution is 0.946. The van der Waals surface area contributed by atoms with Gasteiger partial charge in [0.15, 0.2) is 0 Å². The molecule has 2 N–H and O–H groups in total. The van der Waals surface area contributed by atoms with Gasteiger partial charge in [-0.1, -0.05) is 23.7 Å². The molecule has 0 aliphatic heterocycles. The SMILES string of the molecule is Cc1nc2c3cccc(Cl)c3ccn2c1CN. The molecular formula is C13H12ClN3. The average Bonchev–Trinajstić information content (AvgIpc) is 2.65. The summed E-state index contributed by atoms with van der Waals surface area (Å²) in [7, 11) is 0. The van der Waals surface area contributed by atoms with Gasteiger partial charge in [0.2, 0.25) is 0 Å². The third-order valence-corrected chi connectivity index (χ3v) is 3.42. The van der Waals surface area contributed by atoms with Gasteiger partial charge in [-0.2, -0.15) is 0 Å². The highest BCUT2D eigenvalue weighted by molar-refractivity contribution is 6.35. The Morgan fingerprint density at radius 1 is 1.29 bits per heavy atom. The number of pyridine rings is 1. The third-order valence-electron chi connectivity index (χ3n) is 3.09. The summed E-state index contributed by atoms with van der Waals surface area (Å²) in [5, 5.41) is 2.83. The van der Waals surface area contributed by atoms with Crippen molar-refractivity contribution in [2.45, 2.75) is 13.5 Å². The Hall–Kier alpha value is -1.58. The van der Waals surface area contributed by atoms with Crippen LogP contribution in [0.25, 0.3) is 16.4 Å². The van der Waals surface area contributed by atoms with Crippen LogP contribution in [0.3, 0.4) is 0 Å². The molecule has 0 unspecified atom stereocenters. The second-order valence-corrected chi connectivity index (χ2v) is 4.47. The Kier molecular flexibility index (Phi) is 2.31. The second kappa shape index (κ2) is 3.72. The summed E-state index contributed by atoms with van der Waals surface area (Å²) in [6.45, 7) is 2.46. The Morgan fingerprint density at radius 2 is 2.12 bits per heavy atom. The number of aromatic nitrogens is 2. The number of nitrogens with two attached hydrogens (primary N) is 1. The Bertz CT molecular complexity index is 715. The number of nitrogens with zero attached hydrogens (tertiary/aromatic N) is 2. The molecule has 3 aromatic rings. The lowest BCUT2D eigenvalue weighted by Crippen LogP contribution is -2.02. The lowest BCUT2D eigenvalue weighted by atomic mass is 10.2. The number of hydrogen-bond donors (Lipinski definition) is 1. The van der Waals surface area contributed by atoms with E-state index < -0.39 is 0 Å². The van der Waals surface area contributed by atoms with E-state index in [9.17, 15) is 0 Å². The summed E-state index contributed by atoms with van der Waals surface area (Å²) < 4.78 is 2.04. The zero-order valence-corrected chi connectivity index (χ0v) is 10.2. The summed E-state index contributed by atoms with van der Waals surface area (Å²) in [5.74, 6) is 0. The molecule has 1 aromatic carbocycles. The van der Waals surface area contributed by atoms with Crippen LogP contribution < -0.4 is 5.73 Å². The van der Waals surface area contributed by atoms with Gasteiger partial charge in [0.1, 0.15) is 5.65 Å². The number of rotatable bonds is 1. The lowest BCUT2D eigenvalue weighted by Gasteiger charge is -2.04. The van der Waals surface area contributed by atoms with Crippen LogP contribution in [0.4, 0.5) is 0 Å². The average molecular weight is 246 g/mol. The molecule has 0 atom stereocenters. The molecule has 0 spiro atoms. The first-order valence-electron chi connectivity index (χ1n) is 5.47. The first-order chi connectivity index (χ1) is 8.22. The molecule has 4 heteroatoms. The second-order valence-electron chi connectivity index (χ2n) is 4.06. The van der Waals surface area contributed by atoms with E-state index in [0.717, 1.165) is 32.8 Å². The quantitative estimate of drug-likeness (QED) is 0.716. The van der Waals surface area contributed by atoms with Crippen molar-refractivity contribution in [1.29, 1.82) is 0 Å². The van der Waals surface area contributed by atoms with E-state index in [2.05, 4.69) is 4.98 Å². The molecule has 0 fully saturated rings. The molecule has 2 aromatic heterocycles. The van der Waals surface area contributed by atoms with Crippen molar-refractivity contribution in [2.24, 2.45) is 5.73 Å². The van der Waals surface area contributed by atoms with Gasteiger partial charge >= 0.3 is 0 Å². The van der Waals surface area contributed by atoms with Crippen molar-refractivity contribution in [3.8, 4) is 0 Å². The van der Waals surface area contributed by atoms with E-state index in [1.807, 2.05) is 41.8 Å². The van der Waals surface area contributed by atoms with Gasteiger partial charge in [0.05, 0.1) is 11.4 Å². The smallest absolute Gasteiger partial charge is 0.145 e. The van der Waals surface area contributed by atoms with Crippen molar-refractivity contribution >= 4 is 28.0 Å². The topological polar surface area (TPSA) is 43.3 Å². The van der Waals surface area contributed by atoms with E-state index in [0.29, 0.717) is 6.54 Å². The molecule has 0 amide bonds. The van der Waals surface area contributed by atoms with Gasteiger partial charge in [-0.15, -0.1) is 0 Å². The van der Waals surface area contributed by atoms with Crippen LogP contribution in [0, 0.1) is 6.92 Å². The minimum Gasteiger partial charge on any atom is -0.325 e. The standard InChI is InChI=1S/C13H12ClN3/c1-8-12(7-15)17-6-5-9-10(13(17)16-8)3-2-4-11(9)14/h2-6H,7,15H2,1H3. The number of imidazole rings is 1. The van der Waals surface area contributed by atoms with E-state index in [-0.39, 0.29) is 0 Å². The normalized spacial score (nSPS) is 11.5. The van der Waals surface area contributed by atoms with Crippen molar-refractivity contribution in [3.05, 3.63) is 46.9 Å². The van der Waals surface area contributed by atoms with Crippen LogP contribution >= 0.6 is 11.6 Å². The van der Waals surface area contributed by atoms with Gasteiger partial charge in [-0.3, -0.25) is 0 Å². The third kappa shape index (κ3) is 1.43. The van der Waals surface area contributed by atoms with Gasteiger partial charge in [-0.25, -0.2) is 4.98 Å². The molecule has 17 heavy (non-hydrogen) atoms. The number of halogens is 1. The highest BCUT2D eigenvalue weighted by Gasteiger charge is 2.10. The predicted octanol–water partition coefficient (Wildman–Crippen LogP) is 2.91. The molecule has 0 radical (unpaired) electrons. The number of benzene rings is 1. The fourth-order valence-electron chi connectivity index (χ4n) is 2.23. The highest BCUT2D eigenvalue weighted by atomic mass is 35.5. The number of hydrogen-bond acceptors (Lipinski definition) is 2. The molecule has 0 aliphatic carbocycles. The molecular weight excluding hydrogens is 234 g/mol. The van der Waals surface area contributed by atoms with Crippen LogP contribution in [0.5, 0.6) is 0 Å². The summed E-state index contributed by atoms with van der Waals surface area (Å²) >= 11 is 6.18. The van der Waals surface area contributed by atoms with E-state index in [1.165, 1.54) is 0 Å². The zero-order chi connectivity index (χ0) is 12.0. The first-order valence-corrected chi connectivity index (χ1v) is 5.85. The van der Waals surface area contributed by atoms with Crippen LogP contribution in [0.1, 0.15) is 11.4 Å². The van der Waals surface area contributed by atoms with Crippen LogP contribution in [0.15, 0.2) is 30.5 Å². The highest BCUT2D eigenvalue weighted by Crippen LogP contribution is 2.27. The largest absolute Gasteiger partial charge is 0.325 e. The first kappa shape index (κ1) is 10.6. The molecule has 86 valence electrons. The Morgan fingerprint density at radius 3 is 2.88 bits per heavy atom. The maximum atomic E-state index is 6.18. The molecule has 0 saturated heterocycles. The molecule has 0 bridgehead atoms. The van der Waals surface area contributed by atoms with Gasteiger partial charge in [-0.05, 0) is 19.1 Å². The minimum atomic E-state index is 0.485.